The molecule has 0 radical (unpaired) electrons. The van der Waals surface area contributed by atoms with E-state index in [1.165, 1.54) is 11.3 Å². The third-order valence-electron chi connectivity index (χ3n) is 2.34. The Hall–Kier alpha value is -2.61. The average Bonchev–Trinajstić information content (AvgIpc) is 2.89. The van der Waals surface area contributed by atoms with E-state index in [2.05, 4.69) is 15.3 Å². The fourth-order valence-corrected chi connectivity index (χ4v) is 1.99. The van der Waals surface area contributed by atoms with E-state index in [4.69, 9.17) is 21.5 Å². The molecular formula is C12H13N5O2S. The van der Waals surface area contributed by atoms with Crippen LogP contribution in [0.4, 0.5) is 5.13 Å². The fourth-order valence-electron chi connectivity index (χ4n) is 1.44. The molecule has 8 heteroatoms. The molecule has 0 saturated carbocycles. The molecule has 5 N–H and O–H groups in total. The van der Waals surface area contributed by atoms with Crippen LogP contribution in [0.3, 0.4) is 0 Å². The van der Waals surface area contributed by atoms with Crippen molar-refractivity contribution in [3.8, 4) is 0 Å². The number of rotatable bonds is 5. The van der Waals surface area contributed by atoms with Crippen molar-refractivity contribution in [1.29, 1.82) is 0 Å². The van der Waals surface area contributed by atoms with E-state index >= 15 is 0 Å². The highest BCUT2D eigenvalue weighted by molar-refractivity contribution is 7.13. The largest absolute Gasteiger partial charge is 0.409 e. The van der Waals surface area contributed by atoms with E-state index in [1.807, 2.05) is 18.2 Å². The van der Waals surface area contributed by atoms with Crippen LogP contribution in [0, 0.1) is 0 Å². The summed E-state index contributed by atoms with van der Waals surface area (Å²) < 4.78 is 0. The van der Waals surface area contributed by atoms with Crippen LogP contribution < -0.4 is 11.5 Å². The summed E-state index contributed by atoms with van der Waals surface area (Å²) >= 11 is 1.32. The number of nitrogens with zero attached hydrogens (tertiary/aromatic N) is 3. The van der Waals surface area contributed by atoms with Gasteiger partial charge >= 0.3 is 0 Å². The van der Waals surface area contributed by atoms with E-state index in [0.29, 0.717) is 16.4 Å². The smallest absolute Gasteiger partial charge is 0.192 e. The summed E-state index contributed by atoms with van der Waals surface area (Å²) in [5.41, 5.74) is 12.7. The molecule has 0 atom stereocenters. The second kappa shape index (κ2) is 6.53. The van der Waals surface area contributed by atoms with Crippen molar-refractivity contribution in [2.45, 2.75) is 6.61 Å². The van der Waals surface area contributed by atoms with Gasteiger partial charge in [0.05, 0.1) is 5.69 Å². The van der Waals surface area contributed by atoms with E-state index in [1.54, 1.807) is 17.5 Å². The second-order valence-electron chi connectivity index (χ2n) is 3.74. The summed E-state index contributed by atoms with van der Waals surface area (Å²) in [6.07, 6.45) is 0. The molecule has 0 aliphatic carbocycles. The molecule has 0 bridgehead atoms. The van der Waals surface area contributed by atoms with Crippen LogP contribution in [0.25, 0.3) is 0 Å². The van der Waals surface area contributed by atoms with Crippen molar-refractivity contribution < 1.29 is 10.0 Å². The van der Waals surface area contributed by atoms with Crippen LogP contribution in [0.2, 0.25) is 0 Å². The Morgan fingerprint density at radius 1 is 1.35 bits per heavy atom. The van der Waals surface area contributed by atoms with E-state index in [-0.39, 0.29) is 18.2 Å². The van der Waals surface area contributed by atoms with Gasteiger partial charge in [0.1, 0.15) is 0 Å². The normalized spacial score (nSPS) is 12.4. The number of thiazole rings is 1. The molecular weight excluding hydrogens is 278 g/mol. The first-order chi connectivity index (χ1) is 9.70. The topological polar surface area (TPSA) is 119 Å². The minimum absolute atomic E-state index is 0.131. The quantitative estimate of drug-likeness (QED) is 0.333. The fraction of sp³-hybridized carbons (Fsp3) is 0.0833. The maximum Gasteiger partial charge on any atom is 0.192 e. The van der Waals surface area contributed by atoms with Crippen molar-refractivity contribution in [3.05, 3.63) is 47.0 Å². The Kier molecular flexibility index (Phi) is 4.51. The number of hydrogen-bond donors (Lipinski definition) is 3. The van der Waals surface area contributed by atoms with Crippen LogP contribution in [-0.2, 0) is 11.4 Å². The molecule has 0 aliphatic rings. The molecule has 104 valence electrons. The summed E-state index contributed by atoms with van der Waals surface area (Å²) in [6.45, 7) is 0.155. The first kappa shape index (κ1) is 13.8. The molecule has 0 amide bonds. The maximum atomic E-state index is 8.79. The highest BCUT2D eigenvalue weighted by atomic mass is 32.1. The average molecular weight is 291 g/mol. The van der Waals surface area contributed by atoms with Gasteiger partial charge in [-0.05, 0) is 0 Å². The molecule has 1 aromatic carbocycles. The number of hydrogen-bond acceptors (Lipinski definition) is 7. The lowest BCUT2D eigenvalue weighted by atomic mass is 10.1. The van der Waals surface area contributed by atoms with Crippen LogP contribution in [0.15, 0.2) is 46.0 Å². The second-order valence-corrected chi connectivity index (χ2v) is 4.63. The van der Waals surface area contributed by atoms with Crippen LogP contribution in [-0.4, -0.2) is 21.7 Å². The predicted molar refractivity (Wildman–Crippen MR) is 77.7 cm³/mol. The van der Waals surface area contributed by atoms with Gasteiger partial charge in [-0.3, -0.25) is 0 Å². The molecule has 0 fully saturated rings. The third kappa shape index (κ3) is 3.45. The summed E-state index contributed by atoms with van der Waals surface area (Å²) in [7, 11) is 0. The van der Waals surface area contributed by atoms with Gasteiger partial charge in [-0.1, -0.05) is 40.6 Å². The lowest BCUT2D eigenvalue weighted by molar-refractivity contribution is 0.129. The molecule has 0 aliphatic heterocycles. The Morgan fingerprint density at radius 2 is 2.10 bits per heavy atom. The van der Waals surface area contributed by atoms with Gasteiger partial charge in [0.15, 0.2) is 23.3 Å². The minimum atomic E-state index is -0.131. The zero-order chi connectivity index (χ0) is 14.4. The first-order valence-corrected chi connectivity index (χ1v) is 6.52. The Balaban J connectivity index is 2.13. The van der Waals surface area contributed by atoms with Gasteiger partial charge in [0.2, 0.25) is 0 Å². The van der Waals surface area contributed by atoms with Gasteiger partial charge < -0.3 is 21.5 Å². The van der Waals surface area contributed by atoms with Crippen molar-refractivity contribution in [2.24, 2.45) is 16.0 Å². The van der Waals surface area contributed by atoms with Crippen LogP contribution in [0.5, 0.6) is 0 Å². The molecule has 1 heterocycles. The molecule has 20 heavy (non-hydrogen) atoms. The Labute approximate surface area is 119 Å². The maximum absolute atomic E-state index is 8.79. The number of nitrogens with two attached hydrogens (primary N) is 2. The van der Waals surface area contributed by atoms with Crippen molar-refractivity contribution >= 4 is 28.0 Å². The summed E-state index contributed by atoms with van der Waals surface area (Å²) in [6, 6.07) is 9.04. The molecule has 7 nitrogen and oxygen atoms in total. The number of amidine groups is 1. The molecule has 0 saturated heterocycles. The standard InChI is InChI=1S/C12H13N5O2S/c13-11(16-18)10(8-4-2-1-3-5-8)17-19-6-9-7-20-12(14)15-9/h1-5,7,18H,6H2,(H2,13,16)(H2,14,15). The predicted octanol–water partition coefficient (Wildman–Crippen LogP) is 1.39. The van der Waals surface area contributed by atoms with Gasteiger partial charge in [-0.15, -0.1) is 11.3 Å². The van der Waals surface area contributed by atoms with E-state index in [0.717, 1.165) is 0 Å². The third-order valence-corrected chi connectivity index (χ3v) is 3.06. The van der Waals surface area contributed by atoms with E-state index < -0.39 is 0 Å². The molecule has 1 aromatic heterocycles. The summed E-state index contributed by atoms with van der Waals surface area (Å²) in [4.78, 5) is 9.21. The molecule has 2 rings (SSSR count). The zero-order valence-electron chi connectivity index (χ0n) is 10.4. The minimum Gasteiger partial charge on any atom is -0.409 e. The Morgan fingerprint density at radius 3 is 2.70 bits per heavy atom. The highest BCUT2D eigenvalue weighted by Crippen LogP contribution is 2.12. The molecule has 0 spiro atoms. The van der Waals surface area contributed by atoms with Gasteiger partial charge in [-0.2, -0.15) is 0 Å². The highest BCUT2D eigenvalue weighted by Gasteiger charge is 2.10. The SMILES string of the molecule is NC(=NO)C(=NOCc1csc(N)n1)c1ccccc1. The van der Waals surface area contributed by atoms with Crippen LogP contribution in [0.1, 0.15) is 11.3 Å². The van der Waals surface area contributed by atoms with Gasteiger partial charge in [-0.25, -0.2) is 4.98 Å². The lowest BCUT2D eigenvalue weighted by Gasteiger charge is -2.04. The number of anilines is 1. The first-order valence-electron chi connectivity index (χ1n) is 5.64. The zero-order valence-corrected chi connectivity index (χ0v) is 11.2. The van der Waals surface area contributed by atoms with Crippen molar-refractivity contribution in [3.63, 3.8) is 0 Å². The van der Waals surface area contributed by atoms with Gasteiger partial charge in [0, 0.05) is 10.9 Å². The monoisotopic (exact) mass is 291 g/mol. The van der Waals surface area contributed by atoms with Crippen LogP contribution >= 0.6 is 11.3 Å². The summed E-state index contributed by atoms with van der Waals surface area (Å²) in [5, 5.41) is 17.9. The molecule has 2 aromatic rings. The summed E-state index contributed by atoms with van der Waals surface area (Å²) in [5.74, 6) is -0.131. The number of aromatic nitrogens is 1. The van der Waals surface area contributed by atoms with E-state index in [9.17, 15) is 0 Å². The van der Waals surface area contributed by atoms with Crippen molar-refractivity contribution in [2.75, 3.05) is 5.73 Å². The van der Waals surface area contributed by atoms with Gasteiger partial charge in [0.25, 0.3) is 0 Å². The molecule has 0 unspecified atom stereocenters. The number of oxime groups is 2. The number of nitrogen functional groups attached to an aromatic ring is 1. The lowest BCUT2D eigenvalue weighted by Crippen LogP contribution is -2.25. The van der Waals surface area contributed by atoms with Crippen molar-refractivity contribution in [1.82, 2.24) is 4.98 Å². The number of benzene rings is 1. The Bertz CT molecular complexity index is 624.